The number of carboxylic acid groups (broad SMARTS) is 1. The minimum atomic E-state index is -0.958. The van der Waals surface area contributed by atoms with Crippen molar-refractivity contribution >= 4 is 17.8 Å². The fourth-order valence-electron chi connectivity index (χ4n) is 2.01. The van der Waals surface area contributed by atoms with Gasteiger partial charge >= 0.3 is 5.97 Å². The fraction of sp³-hybridized carbons (Fsp3) is 0.571. The molecule has 1 aliphatic heterocycles. The van der Waals surface area contributed by atoms with Crippen LogP contribution in [0.25, 0.3) is 0 Å². The molecule has 0 atom stereocenters. The monoisotopic (exact) mass is 308 g/mol. The summed E-state index contributed by atoms with van der Waals surface area (Å²) in [7, 11) is 0. The average Bonchev–Trinajstić information content (AvgIpc) is 2.88. The predicted octanol–water partition coefficient (Wildman–Crippen LogP) is -0.413. The molecule has 0 aromatic carbocycles. The van der Waals surface area contributed by atoms with Crippen molar-refractivity contribution in [3.8, 4) is 6.07 Å². The van der Waals surface area contributed by atoms with Gasteiger partial charge in [0.15, 0.2) is 0 Å². The summed E-state index contributed by atoms with van der Waals surface area (Å²) in [4.78, 5) is 35.2. The quantitative estimate of drug-likeness (QED) is 0.302. The highest BCUT2D eigenvalue weighted by molar-refractivity contribution is 5.97. The highest BCUT2D eigenvalue weighted by Crippen LogP contribution is 2.09. The molecule has 0 aromatic heterocycles. The van der Waals surface area contributed by atoms with Gasteiger partial charge in [-0.25, -0.2) is 0 Å². The number of likely N-dealkylation sites (tertiary alicyclic amines) is 1. The van der Waals surface area contributed by atoms with Crippen molar-refractivity contribution in [3.05, 3.63) is 11.8 Å². The Balaban J connectivity index is 2.23. The van der Waals surface area contributed by atoms with E-state index in [4.69, 9.17) is 10.4 Å². The molecule has 8 heteroatoms. The Morgan fingerprint density at radius 1 is 1.41 bits per heavy atom. The summed E-state index contributed by atoms with van der Waals surface area (Å²) in [5, 5.41) is 22.6. The van der Waals surface area contributed by atoms with Gasteiger partial charge in [0.1, 0.15) is 11.6 Å². The minimum absolute atomic E-state index is 0.0965. The van der Waals surface area contributed by atoms with Crippen LogP contribution in [0.4, 0.5) is 0 Å². The zero-order valence-electron chi connectivity index (χ0n) is 12.3. The van der Waals surface area contributed by atoms with Crippen LogP contribution in [0.1, 0.15) is 25.7 Å². The SMILES string of the molecule is N#C/C(=C/NCCC(=O)O)C(=O)NCCCN1CCCC1=O. The van der Waals surface area contributed by atoms with Crippen molar-refractivity contribution in [3.63, 3.8) is 0 Å². The van der Waals surface area contributed by atoms with E-state index in [1.165, 1.54) is 6.20 Å². The lowest BCUT2D eigenvalue weighted by atomic mass is 10.3. The molecule has 0 aliphatic carbocycles. The van der Waals surface area contributed by atoms with Gasteiger partial charge in [0.25, 0.3) is 5.91 Å². The van der Waals surface area contributed by atoms with E-state index in [9.17, 15) is 14.4 Å². The van der Waals surface area contributed by atoms with Crippen molar-refractivity contribution in [1.29, 1.82) is 5.26 Å². The number of carboxylic acids is 1. The molecule has 0 saturated carbocycles. The van der Waals surface area contributed by atoms with E-state index >= 15 is 0 Å². The molecule has 0 unspecified atom stereocenters. The number of hydrogen-bond acceptors (Lipinski definition) is 5. The molecular weight excluding hydrogens is 288 g/mol. The Morgan fingerprint density at radius 2 is 2.18 bits per heavy atom. The maximum atomic E-state index is 11.7. The van der Waals surface area contributed by atoms with E-state index < -0.39 is 11.9 Å². The lowest BCUT2D eigenvalue weighted by Gasteiger charge is -2.15. The lowest BCUT2D eigenvalue weighted by Crippen LogP contribution is -2.31. The third-order valence-corrected chi connectivity index (χ3v) is 3.16. The maximum Gasteiger partial charge on any atom is 0.305 e. The molecule has 2 amide bonds. The Labute approximate surface area is 128 Å². The Hall–Kier alpha value is -2.56. The number of nitriles is 1. The standard InChI is InChI=1S/C14H20N4O4/c15-9-11(10-16-6-4-13(20)21)14(22)17-5-2-8-18-7-1-3-12(18)19/h10,16H,1-8H2,(H,17,22)(H,20,21)/b11-10-. The number of amides is 2. The Morgan fingerprint density at radius 3 is 2.77 bits per heavy atom. The summed E-state index contributed by atoms with van der Waals surface area (Å²) in [6.45, 7) is 1.88. The minimum Gasteiger partial charge on any atom is -0.481 e. The van der Waals surface area contributed by atoms with Gasteiger partial charge < -0.3 is 20.6 Å². The molecule has 1 aliphatic rings. The van der Waals surface area contributed by atoms with E-state index in [0.29, 0.717) is 25.9 Å². The van der Waals surface area contributed by atoms with Gasteiger partial charge in [-0.05, 0) is 12.8 Å². The van der Waals surface area contributed by atoms with Crippen LogP contribution >= 0.6 is 0 Å². The first kappa shape index (κ1) is 17.5. The van der Waals surface area contributed by atoms with Crippen LogP contribution in [0.5, 0.6) is 0 Å². The van der Waals surface area contributed by atoms with E-state index in [1.54, 1.807) is 11.0 Å². The van der Waals surface area contributed by atoms with E-state index in [-0.39, 0.29) is 24.4 Å². The van der Waals surface area contributed by atoms with Gasteiger partial charge in [-0.2, -0.15) is 5.26 Å². The summed E-state index contributed by atoms with van der Waals surface area (Å²) in [6, 6.07) is 1.75. The number of carbonyl (C=O) groups is 3. The van der Waals surface area contributed by atoms with Crippen LogP contribution in [0.2, 0.25) is 0 Å². The van der Waals surface area contributed by atoms with E-state index in [1.807, 2.05) is 0 Å². The van der Waals surface area contributed by atoms with Gasteiger partial charge in [0.05, 0.1) is 6.42 Å². The van der Waals surface area contributed by atoms with Gasteiger partial charge in [0.2, 0.25) is 5.91 Å². The molecule has 0 bridgehead atoms. The smallest absolute Gasteiger partial charge is 0.305 e. The summed E-state index contributed by atoms with van der Waals surface area (Å²) in [5.41, 5.74) is -0.109. The molecule has 1 rings (SSSR count). The molecule has 120 valence electrons. The van der Waals surface area contributed by atoms with Gasteiger partial charge in [-0.3, -0.25) is 14.4 Å². The van der Waals surface area contributed by atoms with Gasteiger partial charge in [-0.1, -0.05) is 0 Å². The highest BCUT2D eigenvalue weighted by Gasteiger charge is 2.19. The van der Waals surface area contributed by atoms with Gasteiger partial charge in [-0.15, -0.1) is 0 Å². The summed E-state index contributed by atoms with van der Waals surface area (Å²) in [5.74, 6) is -1.33. The maximum absolute atomic E-state index is 11.7. The second-order valence-electron chi connectivity index (χ2n) is 4.86. The number of carbonyl (C=O) groups excluding carboxylic acids is 2. The fourth-order valence-corrected chi connectivity index (χ4v) is 2.01. The van der Waals surface area contributed by atoms with Crippen molar-refractivity contribution in [2.75, 3.05) is 26.2 Å². The molecule has 3 N–H and O–H groups in total. The number of rotatable bonds is 9. The lowest BCUT2D eigenvalue weighted by molar-refractivity contribution is -0.136. The summed E-state index contributed by atoms with van der Waals surface area (Å²) < 4.78 is 0. The number of hydrogen-bond donors (Lipinski definition) is 3. The van der Waals surface area contributed by atoms with Crippen molar-refractivity contribution in [2.45, 2.75) is 25.7 Å². The number of nitrogens with zero attached hydrogens (tertiary/aromatic N) is 2. The topological polar surface area (TPSA) is 123 Å². The molecular formula is C14H20N4O4. The zero-order valence-corrected chi connectivity index (χ0v) is 12.3. The zero-order chi connectivity index (χ0) is 16.4. The average molecular weight is 308 g/mol. The molecule has 0 radical (unpaired) electrons. The second-order valence-corrected chi connectivity index (χ2v) is 4.86. The number of nitrogens with one attached hydrogen (secondary N) is 2. The largest absolute Gasteiger partial charge is 0.481 e. The number of aliphatic carboxylic acids is 1. The van der Waals surface area contributed by atoms with Crippen LogP contribution in [0.3, 0.4) is 0 Å². The highest BCUT2D eigenvalue weighted by atomic mass is 16.4. The molecule has 1 fully saturated rings. The van der Waals surface area contributed by atoms with Crippen LogP contribution in [-0.4, -0.2) is 54.0 Å². The second kappa shape index (κ2) is 9.39. The molecule has 0 aromatic rings. The molecule has 0 spiro atoms. The van der Waals surface area contributed by atoms with Gasteiger partial charge in [0, 0.05) is 38.8 Å². The van der Waals surface area contributed by atoms with Crippen LogP contribution in [0, 0.1) is 11.3 Å². The van der Waals surface area contributed by atoms with Crippen molar-refractivity contribution in [2.24, 2.45) is 0 Å². The van der Waals surface area contributed by atoms with Crippen LogP contribution in [-0.2, 0) is 14.4 Å². The molecule has 1 saturated heterocycles. The van der Waals surface area contributed by atoms with Crippen molar-refractivity contribution in [1.82, 2.24) is 15.5 Å². The van der Waals surface area contributed by atoms with E-state index in [2.05, 4.69) is 10.6 Å². The Bertz CT molecular complexity index is 496. The van der Waals surface area contributed by atoms with E-state index in [0.717, 1.165) is 13.0 Å². The van der Waals surface area contributed by atoms with Crippen LogP contribution in [0.15, 0.2) is 11.8 Å². The first-order chi connectivity index (χ1) is 10.5. The summed E-state index contributed by atoms with van der Waals surface area (Å²) >= 11 is 0. The van der Waals surface area contributed by atoms with Crippen LogP contribution < -0.4 is 10.6 Å². The Kier molecular flexibility index (Phi) is 7.47. The predicted molar refractivity (Wildman–Crippen MR) is 77.4 cm³/mol. The third kappa shape index (κ3) is 6.26. The molecule has 8 nitrogen and oxygen atoms in total. The molecule has 22 heavy (non-hydrogen) atoms. The molecule has 1 heterocycles. The first-order valence-electron chi connectivity index (χ1n) is 7.16. The first-order valence-corrected chi connectivity index (χ1v) is 7.16. The third-order valence-electron chi connectivity index (χ3n) is 3.16. The van der Waals surface area contributed by atoms with Crippen molar-refractivity contribution < 1.29 is 19.5 Å². The normalized spacial score (nSPS) is 14.6. The summed E-state index contributed by atoms with van der Waals surface area (Å²) in [6.07, 6.45) is 3.22.